The van der Waals surface area contributed by atoms with Crippen LogP contribution in [0.25, 0.3) is 22.9 Å². The molecule has 2 N–H and O–H groups in total. The van der Waals surface area contributed by atoms with E-state index in [0.29, 0.717) is 5.82 Å². The van der Waals surface area contributed by atoms with Crippen molar-refractivity contribution in [3.05, 3.63) is 53.9 Å². The van der Waals surface area contributed by atoms with Gasteiger partial charge < -0.3 is 20.3 Å². The predicted molar refractivity (Wildman–Crippen MR) is 133 cm³/mol. The number of anilines is 3. The fourth-order valence-electron chi connectivity index (χ4n) is 4.17. The molecular formula is C26H29N5O2. The van der Waals surface area contributed by atoms with E-state index in [-0.39, 0.29) is 17.9 Å². The highest BCUT2D eigenvalue weighted by atomic mass is 16.5. The molecule has 2 aliphatic rings. The second-order valence-corrected chi connectivity index (χ2v) is 8.74. The Hall–Kier alpha value is -3.45. The van der Waals surface area contributed by atoms with Crippen molar-refractivity contribution in [2.75, 3.05) is 42.3 Å². The average Bonchev–Trinajstić information content (AvgIpc) is 3.68. The summed E-state index contributed by atoms with van der Waals surface area (Å²) in [5.74, 6) is 1.53. The van der Waals surface area contributed by atoms with E-state index in [1.807, 2.05) is 19.3 Å². The van der Waals surface area contributed by atoms with E-state index in [2.05, 4.69) is 68.8 Å². The van der Waals surface area contributed by atoms with Gasteiger partial charge in [0.15, 0.2) is 0 Å². The number of nitrogens with one attached hydrogen (secondary N) is 2. The van der Waals surface area contributed by atoms with Crippen LogP contribution in [0.5, 0.6) is 0 Å². The zero-order chi connectivity index (χ0) is 22.8. The fourth-order valence-corrected chi connectivity index (χ4v) is 4.17. The SMILES string of the molecule is CNc1ncc(/C=C/c2ccc(N3CCO[C@@H](C)C3)cc2)c2cc(NC(=O)C3CC3)ncc12. The Bertz CT molecular complexity index is 1190. The smallest absolute Gasteiger partial charge is 0.228 e. The molecule has 170 valence electrons. The first-order valence-electron chi connectivity index (χ1n) is 11.5. The van der Waals surface area contributed by atoms with Crippen molar-refractivity contribution in [2.45, 2.75) is 25.9 Å². The number of morpholine rings is 1. The summed E-state index contributed by atoms with van der Waals surface area (Å²) in [5.41, 5.74) is 3.30. The van der Waals surface area contributed by atoms with Crippen molar-refractivity contribution < 1.29 is 9.53 Å². The van der Waals surface area contributed by atoms with Crippen LogP contribution in [0.15, 0.2) is 42.7 Å². The Balaban J connectivity index is 1.39. The third kappa shape index (κ3) is 4.83. The van der Waals surface area contributed by atoms with Crippen LogP contribution in [0.1, 0.15) is 30.9 Å². The molecule has 1 aliphatic carbocycles. The maximum Gasteiger partial charge on any atom is 0.228 e. The van der Waals surface area contributed by atoms with Gasteiger partial charge in [0.2, 0.25) is 5.91 Å². The summed E-state index contributed by atoms with van der Waals surface area (Å²) in [6.07, 6.45) is 9.95. The monoisotopic (exact) mass is 443 g/mol. The standard InChI is InChI=1S/C26H29N5O2/c1-17-16-31(11-12-33-17)21-9-4-18(5-10-21)3-6-20-14-29-25(27-2)23-15-28-24(13-22(20)23)30-26(32)19-7-8-19/h3-6,9-10,13-15,17,19H,7-8,11-12,16H2,1-2H3,(H,27,29)(H,28,30,32)/b6-3+/t17-/m0/s1. The molecule has 33 heavy (non-hydrogen) atoms. The topological polar surface area (TPSA) is 79.4 Å². The van der Waals surface area contributed by atoms with Gasteiger partial charge in [-0.2, -0.15) is 0 Å². The normalized spacial score (nSPS) is 18.6. The van der Waals surface area contributed by atoms with Gasteiger partial charge in [-0.1, -0.05) is 24.3 Å². The molecule has 1 saturated carbocycles. The van der Waals surface area contributed by atoms with Crippen molar-refractivity contribution in [1.29, 1.82) is 0 Å². The number of hydrogen-bond acceptors (Lipinski definition) is 6. The Kier molecular flexibility index (Phi) is 5.96. The quantitative estimate of drug-likeness (QED) is 0.587. The molecule has 0 unspecified atom stereocenters. The van der Waals surface area contributed by atoms with Crippen LogP contribution in [0.2, 0.25) is 0 Å². The summed E-state index contributed by atoms with van der Waals surface area (Å²) in [7, 11) is 1.84. The number of nitrogens with zero attached hydrogens (tertiary/aromatic N) is 3. The van der Waals surface area contributed by atoms with Crippen LogP contribution in [0.3, 0.4) is 0 Å². The van der Waals surface area contributed by atoms with Gasteiger partial charge in [-0.3, -0.25) is 4.79 Å². The Labute approximate surface area is 193 Å². The van der Waals surface area contributed by atoms with Crippen LogP contribution in [-0.4, -0.2) is 48.7 Å². The number of benzene rings is 1. The maximum absolute atomic E-state index is 12.2. The molecule has 3 aromatic rings. The van der Waals surface area contributed by atoms with Gasteiger partial charge in [-0.25, -0.2) is 9.97 Å². The largest absolute Gasteiger partial charge is 0.375 e. The van der Waals surface area contributed by atoms with Crippen LogP contribution >= 0.6 is 0 Å². The van der Waals surface area contributed by atoms with Gasteiger partial charge >= 0.3 is 0 Å². The summed E-state index contributed by atoms with van der Waals surface area (Å²) in [5, 5.41) is 7.98. The highest BCUT2D eigenvalue weighted by Gasteiger charge is 2.29. The molecule has 0 spiro atoms. The molecule has 3 heterocycles. The molecule has 7 heteroatoms. The lowest BCUT2D eigenvalue weighted by atomic mass is 10.1. The first-order valence-corrected chi connectivity index (χ1v) is 11.5. The average molecular weight is 444 g/mol. The van der Waals surface area contributed by atoms with Crippen molar-refractivity contribution in [3.63, 3.8) is 0 Å². The maximum atomic E-state index is 12.2. The third-order valence-corrected chi connectivity index (χ3v) is 6.19. The number of hydrogen-bond donors (Lipinski definition) is 2. The molecule has 5 rings (SSSR count). The number of ether oxygens (including phenoxy) is 1. The van der Waals surface area contributed by atoms with Crippen LogP contribution < -0.4 is 15.5 Å². The molecule has 1 amide bonds. The molecule has 2 fully saturated rings. The number of rotatable bonds is 6. The van der Waals surface area contributed by atoms with Crippen molar-refractivity contribution in [3.8, 4) is 0 Å². The number of amides is 1. The number of pyridine rings is 2. The van der Waals surface area contributed by atoms with Gasteiger partial charge in [-0.15, -0.1) is 0 Å². The van der Waals surface area contributed by atoms with Crippen molar-refractivity contribution >= 4 is 46.2 Å². The van der Waals surface area contributed by atoms with Crippen LogP contribution in [0, 0.1) is 5.92 Å². The van der Waals surface area contributed by atoms with E-state index >= 15 is 0 Å². The fraction of sp³-hybridized carbons (Fsp3) is 0.346. The third-order valence-electron chi connectivity index (χ3n) is 6.19. The first-order chi connectivity index (χ1) is 16.1. The van der Waals surface area contributed by atoms with E-state index < -0.39 is 0 Å². The summed E-state index contributed by atoms with van der Waals surface area (Å²) in [6, 6.07) is 10.5. The van der Waals surface area contributed by atoms with Gasteiger partial charge in [0.25, 0.3) is 0 Å². The Morgan fingerprint density at radius 2 is 1.94 bits per heavy atom. The lowest BCUT2D eigenvalue weighted by Crippen LogP contribution is -2.41. The molecule has 0 bridgehead atoms. The van der Waals surface area contributed by atoms with E-state index in [1.165, 1.54) is 5.69 Å². The predicted octanol–water partition coefficient (Wildman–Crippen LogP) is 4.42. The molecule has 1 aliphatic heterocycles. The van der Waals surface area contributed by atoms with Crippen molar-refractivity contribution in [1.82, 2.24) is 9.97 Å². The Morgan fingerprint density at radius 1 is 1.12 bits per heavy atom. The molecule has 1 atom stereocenters. The summed E-state index contributed by atoms with van der Waals surface area (Å²) in [4.78, 5) is 23.5. The summed E-state index contributed by atoms with van der Waals surface area (Å²) in [6.45, 7) is 4.71. The number of fused-ring (bicyclic) bond motifs is 1. The molecular weight excluding hydrogens is 414 g/mol. The minimum Gasteiger partial charge on any atom is -0.375 e. The molecule has 1 aromatic carbocycles. The molecule has 7 nitrogen and oxygen atoms in total. The summed E-state index contributed by atoms with van der Waals surface area (Å²) < 4.78 is 5.65. The van der Waals surface area contributed by atoms with Gasteiger partial charge in [0.05, 0.1) is 12.7 Å². The number of carbonyl (C=O) groups excluding carboxylic acids is 1. The van der Waals surface area contributed by atoms with Gasteiger partial charge in [-0.05, 0) is 48.9 Å². The second-order valence-electron chi connectivity index (χ2n) is 8.74. The summed E-state index contributed by atoms with van der Waals surface area (Å²) >= 11 is 0. The van der Waals surface area contributed by atoms with E-state index in [0.717, 1.165) is 60.3 Å². The number of carbonyl (C=O) groups is 1. The van der Waals surface area contributed by atoms with E-state index in [9.17, 15) is 4.79 Å². The van der Waals surface area contributed by atoms with E-state index in [1.54, 1.807) is 6.20 Å². The Morgan fingerprint density at radius 3 is 2.67 bits per heavy atom. The lowest BCUT2D eigenvalue weighted by molar-refractivity contribution is -0.117. The van der Waals surface area contributed by atoms with Crippen molar-refractivity contribution in [2.24, 2.45) is 5.92 Å². The lowest BCUT2D eigenvalue weighted by Gasteiger charge is -2.33. The van der Waals surface area contributed by atoms with Crippen LogP contribution in [0.4, 0.5) is 17.3 Å². The minimum atomic E-state index is 0.0524. The molecule has 0 radical (unpaired) electrons. The highest BCUT2D eigenvalue weighted by Crippen LogP contribution is 2.31. The van der Waals surface area contributed by atoms with Crippen LogP contribution in [-0.2, 0) is 9.53 Å². The highest BCUT2D eigenvalue weighted by molar-refractivity contribution is 6.01. The zero-order valence-corrected chi connectivity index (χ0v) is 19.0. The van der Waals surface area contributed by atoms with Gasteiger partial charge in [0.1, 0.15) is 11.6 Å². The minimum absolute atomic E-state index is 0.0524. The first kappa shape index (κ1) is 21.4. The zero-order valence-electron chi connectivity index (χ0n) is 19.0. The molecule has 2 aromatic heterocycles. The number of aromatic nitrogens is 2. The van der Waals surface area contributed by atoms with Gasteiger partial charge in [0, 0.05) is 55.1 Å². The second kappa shape index (κ2) is 9.19. The van der Waals surface area contributed by atoms with E-state index in [4.69, 9.17) is 4.74 Å². The molecule has 1 saturated heterocycles.